The molecule has 2 heterocycles. The second-order valence-corrected chi connectivity index (χ2v) is 6.78. The number of hydrogen-bond acceptors (Lipinski definition) is 5. The SMILES string of the molecule is O=C(Nc1ccnnc1)c1ccnn1C1CC(Oc2cc(F)cc(C(F)(F)F)c2)C1. The highest BCUT2D eigenvalue weighted by molar-refractivity contribution is 6.02. The number of halogens is 4. The fraction of sp³-hybridized carbons (Fsp3) is 0.263. The molecule has 0 radical (unpaired) electrons. The van der Waals surface area contributed by atoms with E-state index in [2.05, 4.69) is 20.6 Å². The fourth-order valence-corrected chi connectivity index (χ4v) is 3.17. The number of nitrogens with one attached hydrogen (secondary N) is 1. The summed E-state index contributed by atoms with van der Waals surface area (Å²) >= 11 is 0. The van der Waals surface area contributed by atoms with E-state index in [9.17, 15) is 22.4 Å². The van der Waals surface area contributed by atoms with Gasteiger partial charge in [0.05, 0.1) is 29.7 Å². The predicted octanol–water partition coefficient (Wildman–Crippen LogP) is 3.87. The zero-order valence-corrected chi connectivity index (χ0v) is 15.3. The third-order valence-electron chi connectivity index (χ3n) is 4.66. The summed E-state index contributed by atoms with van der Waals surface area (Å²) in [6.07, 6.45) is 0.0764. The molecule has 156 valence electrons. The van der Waals surface area contributed by atoms with Crippen molar-refractivity contribution in [2.24, 2.45) is 0 Å². The summed E-state index contributed by atoms with van der Waals surface area (Å²) in [7, 11) is 0. The van der Waals surface area contributed by atoms with Crippen molar-refractivity contribution in [2.75, 3.05) is 5.32 Å². The zero-order valence-electron chi connectivity index (χ0n) is 15.3. The Balaban J connectivity index is 1.39. The Hall–Kier alpha value is -3.50. The molecule has 1 N–H and O–H groups in total. The molecule has 7 nitrogen and oxygen atoms in total. The highest BCUT2D eigenvalue weighted by Gasteiger charge is 2.36. The van der Waals surface area contributed by atoms with Gasteiger partial charge < -0.3 is 10.1 Å². The van der Waals surface area contributed by atoms with Gasteiger partial charge in [-0.05, 0) is 24.3 Å². The van der Waals surface area contributed by atoms with E-state index in [1.165, 1.54) is 23.3 Å². The largest absolute Gasteiger partial charge is 0.490 e. The predicted molar refractivity (Wildman–Crippen MR) is 96.3 cm³/mol. The van der Waals surface area contributed by atoms with E-state index in [0.717, 1.165) is 12.1 Å². The normalized spacial score (nSPS) is 18.5. The van der Waals surface area contributed by atoms with Gasteiger partial charge in [0.15, 0.2) is 0 Å². The van der Waals surface area contributed by atoms with E-state index in [0.29, 0.717) is 30.3 Å². The molecule has 1 fully saturated rings. The van der Waals surface area contributed by atoms with Crippen molar-refractivity contribution >= 4 is 11.6 Å². The lowest BCUT2D eigenvalue weighted by Gasteiger charge is -2.36. The standard InChI is InChI=1S/C19H15F4N5O2/c20-12-5-11(19(21,22)23)6-15(7-12)30-16-8-14(9-16)28-17(2-4-26-28)18(29)27-13-1-3-24-25-10-13/h1-7,10,14,16H,8-9H2,(H,24,27,29). The minimum atomic E-state index is -4.66. The maximum atomic E-state index is 13.5. The summed E-state index contributed by atoms with van der Waals surface area (Å²) in [5.41, 5.74) is -0.311. The Kier molecular flexibility index (Phi) is 5.10. The summed E-state index contributed by atoms with van der Waals surface area (Å²) in [5, 5.41) is 14.2. The van der Waals surface area contributed by atoms with E-state index in [-0.39, 0.29) is 17.7 Å². The number of ether oxygens (including phenoxy) is 1. The Morgan fingerprint density at radius 3 is 2.63 bits per heavy atom. The molecule has 11 heteroatoms. The molecule has 1 saturated carbocycles. The third-order valence-corrected chi connectivity index (χ3v) is 4.66. The van der Waals surface area contributed by atoms with Crippen LogP contribution in [0.3, 0.4) is 0 Å². The average Bonchev–Trinajstić information content (AvgIpc) is 3.13. The molecule has 1 aliphatic rings. The molecule has 2 aromatic heterocycles. The van der Waals surface area contributed by atoms with Gasteiger partial charge in [0, 0.05) is 25.1 Å². The lowest BCUT2D eigenvalue weighted by molar-refractivity contribution is -0.138. The molecular weight excluding hydrogens is 406 g/mol. The van der Waals surface area contributed by atoms with Crippen molar-refractivity contribution in [2.45, 2.75) is 31.2 Å². The number of aromatic nitrogens is 4. The van der Waals surface area contributed by atoms with Crippen LogP contribution in [-0.2, 0) is 6.18 Å². The van der Waals surface area contributed by atoms with Gasteiger partial charge in [-0.15, -0.1) is 0 Å². The number of anilines is 1. The molecule has 1 amide bonds. The number of hydrogen-bond donors (Lipinski definition) is 1. The summed E-state index contributed by atoms with van der Waals surface area (Å²) in [6, 6.07) is 5.08. The highest BCUT2D eigenvalue weighted by atomic mass is 19.4. The van der Waals surface area contributed by atoms with Crippen LogP contribution in [0.2, 0.25) is 0 Å². The second kappa shape index (κ2) is 7.73. The minimum absolute atomic E-state index is 0.169. The monoisotopic (exact) mass is 421 g/mol. The summed E-state index contributed by atoms with van der Waals surface area (Å²) in [4.78, 5) is 12.5. The maximum Gasteiger partial charge on any atom is 0.416 e. The number of benzene rings is 1. The van der Waals surface area contributed by atoms with Crippen LogP contribution >= 0.6 is 0 Å². The molecule has 0 spiro atoms. The third kappa shape index (κ3) is 4.24. The van der Waals surface area contributed by atoms with Gasteiger partial charge in [0.2, 0.25) is 0 Å². The fourth-order valence-electron chi connectivity index (χ4n) is 3.17. The van der Waals surface area contributed by atoms with Gasteiger partial charge in [-0.1, -0.05) is 0 Å². The first-order valence-electron chi connectivity index (χ1n) is 8.95. The van der Waals surface area contributed by atoms with Gasteiger partial charge in [-0.25, -0.2) is 4.39 Å². The van der Waals surface area contributed by atoms with E-state index in [4.69, 9.17) is 4.74 Å². The average molecular weight is 421 g/mol. The summed E-state index contributed by atoms with van der Waals surface area (Å²) in [5.74, 6) is -1.59. The number of alkyl halides is 3. The molecule has 0 saturated heterocycles. The summed E-state index contributed by atoms with van der Waals surface area (Å²) in [6.45, 7) is 0. The number of nitrogens with zero attached hydrogens (tertiary/aromatic N) is 4. The van der Waals surface area contributed by atoms with E-state index < -0.39 is 23.7 Å². The van der Waals surface area contributed by atoms with Crippen molar-refractivity contribution in [1.82, 2.24) is 20.0 Å². The van der Waals surface area contributed by atoms with E-state index in [1.807, 2.05) is 0 Å². The molecular formula is C19H15F4N5O2. The maximum absolute atomic E-state index is 13.5. The molecule has 4 rings (SSSR count). The quantitative estimate of drug-likeness (QED) is 0.633. The molecule has 0 unspecified atom stereocenters. The first-order chi connectivity index (χ1) is 14.3. The second-order valence-electron chi connectivity index (χ2n) is 6.78. The van der Waals surface area contributed by atoms with Gasteiger partial charge in [0.25, 0.3) is 5.91 Å². The Morgan fingerprint density at radius 1 is 1.13 bits per heavy atom. The van der Waals surface area contributed by atoms with Crippen LogP contribution in [0.1, 0.15) is 34.9 Å². The van der Waals surface area contributed by atoms with Crippen LogP contribution in [0.25, 0.3) is 0 Å². The summed E-state index contributed by atoms with van der Waals surface area (Å²) < 4.78 is 59.0. The molecule has 0 atom stereocenters. The Labute approximate surface area is 167 Å². The molecule has 30 heavy (non-hydrogen) atoms. The Bertz CT molecular complexity index is 1050. The first-order valence-corrected chi connectivity index (χ1v) is 8.95. The minimum Gasteiger partial charge on any atom is -0.490 e. The molecule has 0 aliphatic heterocycles. The molecule has 3 aromatic rings. The number of amides is 1. The lowest BCUT2D eigenvalue weighted by atomic mass is 9.89. The topological polar surface area (TPSA) is 81.9 Å². The molecule has 1 aromatic carbocycles. The van der Waals surface area contributed by atoms with Crippen molar-refractivity contribution < 1.29 is 27.1 Å². The van der Waals surface area contributed by atoms with Crippen molar-refractivity contribution in [1.29, 1.82) is 0 Å². The van der Waals surface area contributed by atoms with Crippen molar-refractivity contribution in [3.63, 3.8) is 0 Å². The van der Waals surface area contributed by atoms with Crippen LogP contribution in [0, 0.1) is 5.82 Å². The van der Waals surface area contributed by atoms with E-state index in [1.54, 1.807) is 12.1 Å². The smallest absolute Gasteiger partial charge is 0.416 e. The zero-order chi connectivity index (χ0) is 21.3. The number of carbonyl (C=O) groups is 1. The highest BCUT2D eigenvalue weighted by Crippen LogP contribution is 2.38. The Morgan fingerprint density at radius 2 is 1.93 bits per heavy atom. The van der Waals surface area contributed by atoms with Crippen LogP contribution in [-0.4, -0.2) is 32.0 Å². The van der Waals surface area contributed by atoms with Crippen molar-refractivity contribution in [3.05, 3.63) is 66.0 Å². The van der Waals surface area contributed by atoms with E-state index >= 15 is 0 Å². The van der Waals surface area contributed by atoms with Crippen molar-refractivity contribution in [3.8, 4) is 5.75 Å². The van der Waals surface area contributed by atoms with Gasteiger partial charge in [0.1, 0.15) is 23.4 Å². The van der Waals surface area contributed by atoms with Gasteiger partial charge in [-0.2, -0.15) is 28.5 Å². The van der Waals surface area contributed by atoms with Crippen LogP contribution in [0.5, 0.6) is 5.75 Å². The molecule has 1 aliphatic carbocycles. The van der Waals surface area contributed by atoms with Crippen LogP contribution in [0.4, 0.5) is 23.2 Å². The van der Waals surface area contributed by atoms with Gasteiger partial charge >= 0.3 is 6.18 Å². The lowest BCUT2D eigenvalue weighted by Crippen LogP contribution is -2.37. The van der Waals surface area contributed by atoms with Crippen LogP contribution < -0.4 is 10.1 Å². The van der Waals surface area contributed by atoms with Gasteiger partial charge in [-0.3, -0.25) is 9.48 Å². The number of rotatable bonds is 5. The number of carbonyl (C=O) groups excluding carboxylic acids is 1. The first kappa shape index (κ1) is 19.8. The van der Waals surface area contributed by atoms with Crippen LogP contribution in [0.15, 0.2) is 48.9 Å². The molecule has 0 bridgehead atoms.